The molecular weight excluding hydrogens is 768 g/mol. The average molecular weight is 821 g/mol. The van der Waals surface area contributed by atoms with E-state index >= 15 is 4.39 Å². The van der Waals surface area contributed by atoms with Crippen molar-refractivity contribution in [1.82, 2.24) is 25.0 Å². The molecule has 60 heavy (non-hydrogen) atoms. The molecule has 6 heterocycles. The molecule has 0 saturated carbocycles. The number of piperazine rings is 2. The molecule has 4 fully saturated rings. The molecule has 3 atom stereocenters. The topological polar surface area (TPSA) is 158 Å². The third kappa shape index (κ3) is 8.27. The number of pyridine rings is 1. The van der Waals surface area contributed by atoms with Gasteiger partial charge in [-0.05, 0) is 80.5 Å². The lowest BCUT2D eigenvalue weighted by Gasteiger charge is -2.46. The van der Waals surface area contributed by atoms with Crippen LogP contribution in [0.5, 0.6) is 5.75 Å². The Bertz CT molecular complexity index is 2160. The Labute approximate surface area is 350 Å². The number of fused-ring (bicyclic) bond motifs is 1. The van der Waals surface area contributed by atoms with Gasteiger partial charge in [-0.2, -0.15) is 5.26 Å². The largest absolute Gasteiger partial charge is 0.495 e. The number of aromatic nitrogens is 1. The number of ether oxygens (including phenoxy) is 1. The standard InChI is InChI=1S/C44H53FN10O5/c1-4-33-27-53(34-7-5-30(22-46)39(20-34)60-3)28(2)24-54(33)44(59)48-32-6-9-40(47-23-32)52-13-11-29(12-14-52)25-50-15-17-51(18-16-50)38-19-31-26-55(43(58)35(31)21-36(38)45)37-8-10-41(56)49-42(37)57/h5-7,9,19-21,23,28-29,33,37H,4,8,10-18,24-27H2,1-3H3,(H,48,59)(H,49,56,57)/t28-,33+,37-/m0/s1. The maximum absolute atomic E-state index is 15.4. The van der Waals surface area contributed by atoms with Gasteiger partial charge in [0.2, 0.25) is 11.8 Å². The summed E-state index contributed by atoms with van der Waals surface area (Å²) < 4.78 is 20.9. The van der Waals surface area contributed by atoms with Gasteiger partial charge in [0.05, 0.1) is 36.3 Å². The molecule has 0 radical (unpaired) electrons. The predicted molar refractivity (Wildman–Crippen MR) is 225 cm³/mol. The van der Waals surface area contributed by atoms with Crippen LogP contribution >= 0.6 is 0 Å². The zero-order chi connectivity index (χ0) is 42.1. The summed E-state index contributed by atoms with van der Waals surface area (Å²) in [6.45, 7) is 11.4. The van der Waals surface area contributed by atoms with Crippen molar-refractivity contribution in [2.75, 3.05) is 86.0 Å². The Morgan fingerprint density at radius 2 is 1.77 bits per heavy atom. The van der Waals surface area contributed by atoms with Crippen LogP contribution in [-0.2, 0) is 16.1 Å². The molecule has 0 aliphatic carbocycles. The summed E-state index contributed by atoms with van der Waals surface area (Å²) in [5.41, 5.74) is 3.59. The summed E-state index contributed by atoms with van der Waals surface area (Å²) in [5, 5.41) is 14.8. The lowest BCUT2D eigenvalue weighted by Crippen LogP contribution is -2.60. The smallest absolute Gasteiger partial charge is 0.322 e. The van der Waals surface area contributed by atoms with Gasteiger partial charge in [0.25, 0.3) is 5.91 Å². The van der Waals surface area contributed by atoms with Crippen molar-refractivity contribution in [3.8, 4) is 11.8 Å². The van der Waals surface area contributed by atoms with Crippen LogP contribution in [0.3, 0.4) is 0 Å². The van der Waals surface area contributed by atoms with Gasteiger partial charge in [-0.25, -0.2) is 14.2 Å². The van der Waals surface area contributed by atoms with E-state index in [1.54, 1.807) is 25.4 Å². The summed E-state index contributed by atoms with van der Waals surface area (Å²) in [5.74, 6) is 0.354. The number of piperidine rings is 2. The molecular formula is C44H53FN10O5. The number of carbonyl (C=O) groups is 4. The van der Waals surface area contributed by atoms with E-state index in [2.05, 4.69) is 45.3 Å². The first-order valence-corrected chi connectivity index (χ1v) is 21.1. The van der Waals surface area contributed by atoms with Crippen LogP contribution in [0, 0.1) is 23.1 Å². The van der Waals surface area contributed by atoms with Gasteiger partial charge in [0.1, 0.15) is 29.5 Å². The highest BCUT2D eigenvalue weighted by molar-refractivity contribution is 6.05. The molecule has 0 bridgehead atoms. The summed E-state index contributed by atoms with van der Waals surface area (Å²) in [6.07, 6.45) is 5.05. The monoisotopic (exact) mass is 820 g/mol. The van der Waals surface area contributed by atoms with Crippen molar-refractivity contribution >= 4 is 46.6 Å². The Morgan fingerprint density at radius 1 is 0.983 bits per heavy atom. The number of halogens is 1. The second kappa shape index (κ2) is 17.3. The van der Waals surface area contributed by atoms with E-state index in [4.69, 9.17) is 9.72 Å². The Kier molecular flexibility index (Phi) is 11.8. The normalized spacial score (nSPS) is 22.8. The minimum Gasteiger partial charge on any atom is -0.495 e. The number of rotatable bonds is 9. The number of benzene rings is 2. The molecule has 16 heteroatoms. The fourth-order valence-corrected chi connectivity index (χ4v) is 9.49. The van der Waals surface area contributed by atoms with E-state index < -0.39 is 17.8 Å². The van der Waals surface area contributed by atoms with Crippen LogP contribution in [0.1, 0.15) is 67.4 Å². The van der Waals surface area contributed by atoms with Crippen molar-refractivity contribution in [2.24, 2.45) is 5.92 Å². The van der Waals surface area contributed by atoms with Gasteiger partial charge in [0.15, 0.2) is 0 Å². The minimum absolute atomic E-state index is 0.00245. The first-order chi connectivity index (χ1) is 29.0. The fourth-order valence-electron chi connectivity index (χ4n) is 9.49. The zero-order valence-electron chi connectivity index (χ0n) is 34.5. The van der Waals surface area contributed by atoms with E-state index in [1.165, 1.54) is 11.0 Å². The Balaban J connectivity index is 0.787. The summed E-state index contributed by atoms with van der Waals surface area (Å²) in [6, 6.07) is 13.9. The maximum Gasteiger partial charge on any atom is 0.322 e. The number of anilines is 4. The molecule has 0 spiro atoms. The van der Waals surface area contributed by atoms with Crippen LogP contribution in [-0.4, -0.2) is 128 Å². The third-order valence-corrected chi connectivity index (χ3v) is 13.0. The molecule has 4 saturated heterocycles. The van der Waals surface area contributed by atoms with E-state index in [0.717, 1.165) is 63.5 Å². The fraction of sp³-hybridized carbons (Fsp3) is 0.500. The SMILES string of the molecule is CC[C@@H]1CN(c2ccc(C#N)c(OC)c2)[C@@H](C)CN1C(=O)Nc1ccc(N2CCC(CN3CCN(c4cc5c(cc4F)C(=O)N([C@H]4CCC(=O)NC4=O)C5)CC3)CC2)nc1. The van der Waals surface area contributed by atoms with E-state index in [1.807, 2.05) is 34.1 Å². The summed E-state index contributed by atoms with van der Waals surface area (Å²) >= 11 is 0. The quantitative estimate of drug-likeness (QED) is 0.295. The van der Waals surface area contributed by atoms with Gasteiger partial charge in [-0.3, -0.25) is 24.6 Å². The predicted octanol–water partition coefficient (Wildman–Crippen LogP) is 4.42. The molecule has 3 aromatic rings. The highest BCUT2D eigenvalue weighted by Crippen LogP contribution is 2.34. The van der Waals surface area contributed by atoms with Gasteiger partial charge in [0, 0.05) is 95.2 Å². The molecule has 5 amide bonds. The number of methoxy groups -OCH3 is 1. The number of nitrogens with one attached hydrogen (secondary N) is 2. The number of hydrogen-bond acceptors (Lipinski definition) is 11. The van der Waals surface area contributed by atoms with Crippen LogP contribution < -0.4 is 30.1 Å². The third-order valence-electron chi connectivity index (χ3n) is 13.0. The van der Waals surface area contributed by atoms with Crippen molar-refractivity contribution in [1.29, 1.82) is 5.26 Å². The Morgan fingerprint density at radius 3 is 2.45 bits per heavy atom. The number of carbonyl (C=O) groups excluding carboxylic acids is 4. The summed E-state index contributed by atoms with van der Waals surface area (Å²) in [4.78, 5) is 68.0. The van der Waals surface area contributed by atoms with Gasteiger partial charge in [-0.1, -0.05) is 6.92 Å². The molecule has 316 valence electrons. The van der Waals surface area contributed by atoms with Crippen LogP contribution in [0.2, 0.25) is 0 Å². The number of imide groups is 1. The average Bonchev–Trinajstić information content (AvgIpc) is 3.57. The number of urea groups is 1. The van der Waals surface area contributed by atoms with Crippen molar-refractivity contribution in [2.45, 2.75) is 70.6 Å². The summed E-state index contributed by atoms with van der Waals surface area (Å²) in [7, 11) is 1.57. The van der Waals surface area contributed by atoms with E-state index in [-0.39, 0.29) is 54.9 Å². The highest BCUT2D eigenvalue weighted by atomic mass is 19.1. The van der Waals surface area contributed by atoms with Crippen molar-refractivity contribution < 1.29 is 28.3 Å². The van der Waals surface area contributed by atoms with Crippen LogP contribution in [0.15, 0.2) is 48.7 Å². The van der Waals surface area contributed by atoms with E-state index in [9.17, 15) is 24.4 Å². The van der Waals surface area contributed by atoms with Crippen molar-refractivity contribution in [3.05, 3.63) is 71.2 Å². The second-order valence-corrected chi connectivity index (χ2v) is 16.6. The second-order valence-electron chi connectivity index (χ2n) is 16.6. The number of nitriles is 1. The van der Waals surface area contributed by atoms with Gasteiger partial charge in [-0.15, -0.1) is 0 Å². The highest BCUT2D eigenvalue weighted by Gasteiger charge is 2.40. The maximum atomic E-state index is 15.4. The van der Waals surface area contributed by atoms with Gasteiger partial charge >= 0.3 is 6.03 Å². The molecule has 5 aliphatic heterocycles. The first-order valence-electron chi connectivity index (χ1n) is 21.1. The number of hydrogen-bond donors (Lipinski definition) is 2. The molecule has 15 nitrogen and oxygen atoms in total. The molecule has 0 unspecified atom stereocenters. The van der Waals surface area contributed by atoms with Gasteiger partial charge < -0.3 is 34.6 Å². The first kappa shape index (κ1) is 40.8. The van der Waals surface area contributed by atoms with E-state index in [0.29, 0.717) is 60.3 Å². The Hall–Kier alpha value is -5.95. The molecule has 8 rings (SSSR count). The van der Waals surface area contributed by atoms with Crippen LogP contribution in [0.25, 0.3) is 0 Å². The molecule has 1 aromatic heterocycles. The lowest BCUT2D eigenvalue weighted by atomic mass is 9.96. The molecule has 2 N–H and O–H groups in total. The number of nitrogens with zero attached hydrogens (tertiary/aromatic N) is 8. The zero-order valence-corrected chi connectivity index (χ0v) is 34.5. The van der Waals surface area contributed by atoms with Crippen molar-refractivity contribution in [3.63, 3.8) is 0 Å². The minimum atomic E-state index is -0.729. The van der Waals surface area contributed by atoms with Crippen LogP contribution in [0.4, 0.5) is 32.1 Å². The number of amides is 5. The lowest BCUT2D eigenvalue weighted by molar-refractivity contribution is -0.136. The molecule has 5 aliphatic rings. The molecule has 2 aromatic carbocycles.